The molecule has 0 unspecified atom stereocenters. The first kappa shape index (κ1) is 14.6. The van der Waals surface area contributed by atoms with Crippen LogP contribution >= 0.6 is 0 Å². The summed E-state index contributed by atoms with van der Waals surface area (Å²) in [4.78, 5) is 0. The zero-order valence-electron chi connectivity index (χ0n) is 12.6. The van der Waals surface area contributed by atoms with E-state index in [4.69, 9.17) is 4.74 Å². The van der Waals surface area contributed by atoms with Crippen molar-refractivity contribution in [3.63, 3.8) is 0 Å². The lowest BCUT2D eigenvalue weighted by Crippen LogP contribution is -2.20. The molecule has 0 saturated carbocycles. The average molecular weight is 269 g/mol. The summed E-state index contributed by atoms with van der Waals surface area (Å²) in [6, 6.07) is 14.8. The van der Waals surface area contributed by atoms with Gasteiger partial charge in [-0.05, 0) is 44.0 Å². The first-order valence-corrected chi connectivity index (χ1v) is 7.11. The molecule has 0 aromatic heterocycles. The molecule has 20 heavy (non-hydrogen) atoms. The maximum atomic E-state index is 5.71. The van der Waals surface area contributed by atoms with Crippen molar-refractivity contribution in [1.82, 2.24) is 5.32 Å². The van der Waals surface area contributed by atoms with Crippen LogP contribution in [0.4, 0.5) is 0 Å². The minimum atomic E-state index is 0.689. The van der Waals surface area contributed by atoms with E-state index in [1.807, 2.05) is 12.1 Å². The fraction of sp³-hybridized carbons (Fsp3) is 0.333. The van der Waals surface area contributed by atoms with Gasteiger partial charge in [-0.1, -0.05) is 41.5 Å². The van der Waals surface area contributed by atoms with Crippen LogP contribution in [-0.2, 0) is 6.54 Å². The third kappa shape index (κ3) is 4.71. The second kappa shape index (κ2) is 7.11. The molecule has 0 amide bonds. The summed E-state index contributed by atoms with van der Waals surface area (Å²) in [6.45, 7) is 8.77. The number of hydrogen-bond donors (Lipinski definition) is 1. The molecule has 0 aliphatic rings. The molecule has 0 radical (unpaired) electrons. The van der Waals surface area contributed by atoms with E-state index in [0.717, 1.165) is 18.8 Å². The average Bonchev–Trinajstić information content (AvgIpc) is 2.37. The zero-order chi connectivity index (χ0) is 14.4. The quantitative estimate of drug-likeness (QED) is 0.806. The molecule has 0 saturated heterocycles. The second-order valence-corrected chi connectivity index (χ2v) is 5.34. The summed E-state index contributed by atoms with van der Waals surface area (Å²) in [5.74, 6) is 0.943. The summed E-state index contributed by atoms with van der Waals surface area (Å²) >= 11 is 0. The van der Waals surface area contributed by atoms with Crippen molar-refractivity contribution in [2.24, 2.45) is 0 Å². The van der Waals surface area contributed by atoms with E-state index in [1.54, 1.807) is 0 Å². The Balaban J connectivity index is 1.71. The van der Waals surface area contributed by atoms with Gasteiger partial charge in [0, 0.05) is 13.1 Å². The minimum absolute atomic E-state index is 0.689. The van der Waals surface area contributed by atoms with E-state index in [1.165, 1.54) is 22.3 Å². The number of ether oxygens (including phenoxy) is 1. The largest absolute Gasteiger partial charge is 0.492 e. The monoisotopic (exact) mass is 269 g/mol. The summed E-state index contributed by atoms with van der Waals surface area (Å²) in [5.41, 5.74) is 5.19. The third-order valence-corrected chi connectivity index (χ3v) is 3.15. The Labute approximate surface area is 121 Å². The Kier molecular flexibility index (Phi) is 5.19. The molecule has 1 N–H and O–H groups in total. The van der Waals surface area contributed by atoms with Crippen LogP contribution in [0.15, 0.2) is 42.5 Å². The van der Waals surface area contributed by atoms with Crippen molar-refractivity contribution in [2.75, 3.05) is 13.2 Å². The van der Waals surface area contributed by atoms with Crippen LogP contribution in [0.1, 0.15) is 22.3 Å². The topological polar surface area (TPSA) is 21.3 Å². The normalized spacial score (nSPS) is 10.6. The van der Waals surface area contributed by atoms with Crippen LogP contribution in [0.25, 0.3) is 0 Å². The lowest BCUT2D eigenvalue weighted by Gasteiger charge is -2.09. The minimum Gasteiger partial charge on any atom is -0.492 e. The molecule has 2 nitrogen and oxygen atoms in total. The summed E-state index contributed by atoms with van der Waals surface area (Å²) in [7, 11) is 0. The Morgan fingerprint density at radius 3 is 2.35 bits per heavy atom. The van der Waals surface area contributed by atoms with E-state index >= 15 is 0 Å². The van der Waals surface area contributed by atoms with E-state index in [-0.39, 0.29) is 0 Å². The van der Waals surface area contributed by atoms with Crippen LogP contribution < -0.4 is 10.1 Å². The zero-order valence-corrected chi connectivity index (χ0v) is 12.6. The number of aryl methyl sites for hydroxylation is 3. The van der Waals surface area contributed by atoms with Crippen molar-refractivity contribution in [1.29, 1.82) is 0 Å². The Hall–Kier alpha value is -1.80. The Morgan fingerprint density at radius 2 is 1.65 bits per heavy atom. The van der Waals surface area contributed by atoms with Gasteiger partial charge in [-0.3, -0.25) is 0 Å². The predicted octanol–water partition coefficient (Wildman–Crippen LogP) is 3.78. The summed E-state index contributed by atoms with van der Waals surface area (Å²) in [5, 5.41) is 3.42. The van der Waals surface area contributed by atoms with Gasteiger partial charge in [-0.15, -0.1) is 0 Å². The molecule has 0 atom stereocenters. The molecule has 2 aromatic rings. The molecule has 0 heterocycles. The Morgan fingerprint density at radius 1 is 0.900 bits per heavy atom. The highest BCUT2D eigenvalue weighted by molar-refractivity contribution is 5.28. The maximum absolute atomic E-state index is 5.71. The molecule has 0 fully saturated rings. The van der Waals surface area contributed by atoms with Crippen LogP contribution in [0.2, 0.25) is 0 Å². The predicted molar refractivity (Wildman–Crippen MR) is 84.3 cm³/mol. The van der Waals surface area contributed by atoms with Gasteiger partial charge in [0.05, 0.1) is 0 Å². The SMILES string of the molecule is Cc1cc(C)cc(CNCCOc2cccc(C)c2)c1. The highest BCUT2D eigenvalue weighted by atomic mass is 16.5. The molecule has 0 bridgehead atoms. The molecule has 2 rings (SSSR count). The standard InChI is InChI=1S/C18H23NO/c1-14-5-4-6-18(12-14)20-8-7-19-13-17-10-15(2)9-16(3)11-17/h4-6,9-12,19H,7-8,13H2,1-3H3. The molecule has 2 aromatic carbocycles. The van der Waals surface area contributed by atoms with Crippen LogP contribution in [-0.4, -0.2) is 13.2 Å². The van der Waals surface area contributed by atoms with Gasteiger partial charge in [0.2, 0.25) is 0 Å². The molecule has 0 aliphatic heterocycles. The van der Waals surface area contributed by atoms with E-state index in [0.29, 0.717) is 6.61 Å². The molecular formula is C18H23NO. The third-order valence-electron chi connectivity index (χ3n) is 3.15. The highest BCUT2D eigenvalue weighted by Gasteiger charge is 1.97. The number of hydrogen-bond acceptors (Lipinski definition) is 2. The van der Waals surface area contributed by atoms with Gasteiger partial charge in [-0.2, -0.15) is 0 Å². The number of rotatable bonds is 6. The first-order chi connectivity index (χ1) is 9.63. The van der Waals surface area contributed by atoms with Gasteiger partial charge in [0.15, 0.2) is 0 Å². The lowest BCUT2D eigenvalue weighted by molar-refractivity contribution is 0.313. The lowest BCUT2D eigenvalue weighted by atomic mass is 10.1. The van der Waals surface area contributed by atoms with Crippen LogP contribution in [0.3, 0.4) is 0 Å². The summed E-state index contributed by atoms with van der Waals surface area (Å²) in [6.07, 6.45) is 0. The maximum Gasteiger partial charge on any atom is 0.119 e. The van der Waals surface area contributed by atoms with Gasteiger partial charge in [0.1, 0.15) is 12.4 Å². The second-order valence-electron chi connectivity index (χ2n) is 5.34. The van der Waals surface area contributed by atoms with E-state index < -0.39 is 0 Å². The molecule has 0 spiro atoms. The summed E-state index contributed by atoms with van der Waals surface area (Å²) < 4.78 is 5.71. The highest BCUT2D eigenvalue weighted by Crippen LogP contribution is 2.12. The number of nitrogens with one attached hydrogen (secondary N) is 1. The van der Waals surface area contributed by atoms with Crippen molar-refractivity contribution in [3.05, 3.63) is 64.7 Å². The fourth-order valence-electron chi connectivity index (χ4n) is 2.35. The molecule has 2 heteroatoms. The Bertz CT molecular complexity index is 543. The van der Waals surface area contributed by atoms with Crippen molar-refractivity contribution in [2.45, 2.75) is 27.3 Å². The smallest absolute Gasteiger partial charge is 0.119 e. The first-order valence-electron chi connectivity index (χ1n) is 7.11. The van der Waals surface area contributed by atoms with Gasteiger partial charge in [-0.25, -0.2) is 0 Å². The van der Waals surface area contributed by atoms with E-state index in [2.05, 4.69) is 56.4 Å². The van der Waals surface area contributed by atoms with Crippen molar-refractivity contribution >= 4 is 0 Å². The van der Waals surface area contributed by atoms with Crippen molar-refractivity contribution < 1.29 is 4.74 Å². The van der Waals surface area contributed by atoms with Gasteiger partial charge >= 0.3 is 0 Å². The molecular weight excluding hydrogens is 246 g/mol. The van der Waals surface area contributed by atoms with E-state index in [9.17, 15) is 0 Å². The van der Waals surface area contributed by atoms with Gasteiger partial charge in [0.25, 0.3) is 0 Å². The molecule has 0 aliphatic carbocycles. The number of benzene rings is 2. The van der Waals surface area contributed by atoms with Crippen LogP contribution in [0, 0.1) is 20.8 Å². The molecule has 106 valence electrons. The fourth-order valence-corrected chi connectivity index (χ4v) is 2.35. The van der Waals surface area contributed by atoms with Crippen LogP contribution in [0.5, 0.6) is 5.75 Å². The van der Waals surface area contributed by atoms with Gasteiger partial charge < -0.3 is 10.1 Å². The van der Waals surface area contributed by atoms with Crippen molar-refractivity contribution in [3.8, 4) is 5.75 Å².